The van der Waals surface area contributed by atoms with Crippen LogP contribution < -0.4 is 16.0 Å². The van der Waals surface area contributed by atoms with Gasteiger partial charge in [-0.05, 0) is 43.9 Å². The van der Waals surface area contributed by atoms with Crippen molar-refractivity contribution in [3.05, 3.63) is 35.4 Å². The molecule has 1 aromatic carbocycles. The Morgan fingerprint density at radius 3 is 3.00 bits per heavy atom. The molecule has 7 heteroatoms. The van der Waals surface area contributed by atoms with Crippen LogP contribution in [-0.4, -0.2) is 64.5 Å². The zero-order chi connectivity index (χ0) is 19.3. The molecule has 27 heavy (non-hydrogen) atoms. The smallest absolute Gasteiger partial charge is 0.251 e. The van der Waals surface area contributed by atoms with Gasteiger partial charge >= 0.3 is 0 Å². The fourth-order valence-corrected chi connectivity index (χ4v) is 2.83. The van der Waals surface area contributed by atoms with Crippen LogP contribution in [0.2, 0.25) is 0 Å². The number of aliphatic imine (C=N–C) groups is 1. The van der Waals surface area contributed by atoms with Crippen LogP contribution in [0.1, 0.15) is 35.7 Å². The van der Waals surface area contributed by atoms with Crippen LogP contribution in [0.5, 0.6) is 0 Å². The Morgan fingerprint density at radius 1 is 1.37 bits per heavy atom. The van der Waals surface area contributed by atoms with Crippen molar-refractivity contribution in [2.45, 2.75) is 32.3 Å². The Hall–Kier alpha value is -2.12. The molecular formula is C20H32N4O3. The number of guanidine groups is 1. The van der Waals surface area contributed by atoms with Crippen LogP contribution in [0.4, 0.5) is 0 Å². The molecule has 1 fully saturated rings. The summed E-state index contributed by atoms with van der Waals surface area (Å²) in [5, 5.41) is 9.24. The van der Waals surface area contributed by atoms with Crippen molar-refractivity contribution >= 4 is 11.9 Å². The van der Waals surface area contributed by atoms with Crippen LogP contribution in [0, 0.1) is 0 Å². The molecule has 1 atom stereocenters. The summed E-state index contributed by atoms with van der Waals surface area (Å²) in [4.78, 5) is 16.3. The lowest BCUT2D eigenvalue weighted by atomic mass is 10.1. The van der Waals surface area contributed by atoms with Crippen molar-refractivity contribution in [1.29, 1.82) is 0 Å². The maximum atomic E-state index is 11.7. The predicted molar refractivity (Wildman–Crippen MR) is 107 cm³/mol. The Labute approximate surface area is 161 Å². The number of amides is 1. The van der Waals surface area contributed by atoms with Crippen LogP contribution in [0.3, 0.4) is 0 Å². The fraction of sp³-hybridized carbons (Fsp3) is 0.600. The number of nitrogens with one attached hydrogen (secondary N) is 3. The molecule has 1 heterocycles. The predicted octanol–water partition coefficient (Wildman–Crippen LogP) is 1.34. The van der Waals surface area contributed by atoms with Crippen molar-refractivity contribution in [2.75, 3.05) is 46.5 Å². The first-order valence-corrected chi connectivity index (χ1v) is 9.75. The van der Waals surface area contributed by atoms with Gasteiger partial charge in [0.05, 0.1) is 12.7 Å². The third kappa shape index (κ3) is 7.97. The first-order valence-electron chi connectivity index (χ1n) is 9.75. The third-order valence-corrected chi connectivity index (χ3v) is 4.28. The monoisotopic (exact) mass is 376 g/mol. The number of hydrogen-bond donors (Lipinski definition) is 3. The molecule has 150 valence electrons. The van der Waals surface area contributed by atoms with E-state index in [4.69, 9.17) is 9.47 Å². The number of carbonyl (C=O) groups excluding carboxylic acids is 1. The van der Waals surface area contributed by atoms with Gasteiger partial charge in [0, 0.05) is 45.5 Å². The lowest BCUT2D eigenvalue weighted by Gasteiger charge is -2.12. The molecule has 0 aliphatic carbocycles. The van der Waals surface area contributed by atoms with Crippen molar-refractivity contribution in [3.8, 4) is 0 Å². The second kappa shape index (κ2) is 12.3. The van der Waals surface area contributed by atoms with Gasteiger partial charge in [-0.3, -0.25) is 9.79 Å². The van der Waals surface area contributed by atoms with Gasteiger partial charge in [0.1, 0.15) is 0 Å². The molecule has 0 spiro atoms. The highest BCUT2D eigenvalue weighted by atomic mass is 16.5. The van der Waals surface area contributed by atoms with E-state index in [2.05, 4.69) is 20.9 Å². The second-order valence-electron chi connectivity index (χ2n) is 6.43. The standard InChI is InChI=1S/C20H32N4O3/c1-3-22-20(23-10-5-12-27-18-9-13-26-15-18)24-11-8-16-6-4-7-17(14-16)19(25)21-2/h4,6-7,14,18H,3,5,8-13,15H2,1-2H3,(H,21,25)(H2,22,23,24). The number of carbonyl (C=O) groups is 1. The largest absolute Gasteiger partial charge is 0.379 e. The summed E-state index contributed by atoms with van der Waals surface area (Å²) in [6, 6.07) is 7.69. The molecule has 0 bridgehead atoms. The van der Waals surface area contributed by atoms with Crippen molar-refractivity contribution in [1.82, 2.24) is 16.0 Å². The van der Waals surface area contributed by atoms with E-state index in [0.717, 1.165) is 57.0 Å². The van der Waals surface area contributed by atoms with Crippen LogP contribution >= 0.6 is 0 Å². The van der Waals surface area contributed by atoms with E-state index >= 15 is 0 Å². The Kier molecular flexibility index (Phi) is 9.65. The molecule has 7 nitrogen and oxygen atoms in total. The van der Waals surface area contributed by atoms with Crippen molar-refractivity contribution in [2.24, 2.45) is 4.99 Å². The number of hydrogen-bond acceptors (Lipinski definition) is 4. The van der Waals surface area contributed by atoms with Crippen molar-refractivity contribution < 1.29 is 14.3 Å². The third-order valence-electron chi connectivity index (χ3n) is 4.28. The van der Waals surface area contributed by atoms with E-state index in [1.54, 1.807) is 7.05 Å². The molecule has 0 saturated carbocycles. The molecule has 0 aromatic heterocycles. The van der Waals surface area contributed by atoms with E-state index in [0.29, 0.717) is 18.8 Å². The Bertz CT molecular complexity index is 601. The maximum Gasteiger partial charge on any atom is 0.251 e. The molecule has 1 aliphatic rings. The van der Waals surface area contributed by atoms with Gasteiger partial charge in [0.2, 0.25) is 0 Å². The minimum Gasteiger partial charge on any atom is -0.379 e. The highest BCUT2D eigenvalue weighted by molar-refractivity contribution is 5.94. The minimum absolute atomic E-state index is 0.0638. The topological polar surface area (TPSA) is 84.0 Å². The maximum absolute atomic E-state index is 11.7. The molecule has 0 radical (unpaired) electrons. The molecule has 1 saturated heterocycles. The highest BCUT2D eigenvalue weighted by Crippen LogP contribution is 2.08. The summed E-state index contributed by atoms with van der Waals surface area (Å²) < 4.78 is 11.1. The zero-order valence-electron chi connectivity index (χ0n) is 16.4. The quantitative estimate of drug-likeness (QED) is 0.326. The number of benzene rings is 1. The molecule has 1 unspecified atom stereocenters. The fourth-order valence-electron chi connectivity index (χ4n) is 2.83. The summed E-state index contributed by atoms with van der Waals surface area (Å²) >= 11 is 0. The summed E-state index contributed by atoms with van der Waals surface area (Å²) in [6.07, 6.45) is 2.96. The normalized spacial score (nSPS) is 17.0. The van der Waals surface area contributed by atoms with E-state index in [1.807, 2.05) is 31.2 Å². The van der Waals surface area contributed by atoms with E-state index < -0.39 is 0 Å². The lowest BCUT2D eigenvalue weighted by Crippen LogP contribution is -2.38. The molecular weight excluding hydrogens is 344 g/mol. The lowest BCUT2D eigenvalue weighted by molar-refractivity contribution is 0.0424. The summed E-state index contributed by atoms with van der Waals surface area (Å²) in [6.45, 7) is 6.57. The van der Waals surface area contributed by atoms with Gasteiger partial charge in [-0.15, -0.1) is 0 Å². The highest BCUT2D eigenvalue weighted by Gasteiger charge is 2.15. The van der Waals surface area contributed by atoms with Crippen LogP contribution in [0.25, 0.3) is 0 Å². The molecule has 1 aromatic rings. The van der Waals surface area contributed by atoms with Crippen molar-refractivity contribution in [3.63, 3.8) is 0 Å². The molecule has 3 N–H and O–H groups in total. The molecule has 1 aliphatic heterocycles. The van der Waals surface area contributed by atoms with Gasteiger partial charge in [-0.1, -0.05) is 12.1 Å². The van der Waals surface area contributed by atoms with Gasteiger partial charge in [-0.25, -0.2) is 0 Å². The average Bonchev–Trinajstić information content (AvgIpc) is 3.21. The van der Waals surface area contributed by atoms with Gasteiger partial charge in [0.15, 0.2) is 5.96 Å². The second-order valence-corrected chi connectivity index (χ2v) is 6.43. The molecule has 2 rings (SSSR count). The average molecular weight is 377 g/mol. The Morgan fingerprint density at radius 2 is 2.26 bits per heavy atom. The van der Waals surface area contributed by atoms with Gasteiger partial charge in [0.25, 0.3) is 5.91 Å². The first-order chi connectivity index (χ1) is 13.2. The number of rotatable bonds is 10. The summed E-state index contributed by atoms with van der Waals surface area (Å²) in [5.74, 6) is 0.746. The van der Waals surface area contributed by atoms with E-state index in [1.165, 1.54) is 0 Å². The van der Waals surface area contributed by atoms with E-state index in [9.17, 15) is 4.79 Å². The number of ether oxygens (including phenoxy) is 2. The molecule has 1 amide bonds. The number of nitrogens with zero attached hydrogens (tertiary/aromatic N) is 1. The van der Waals surface area contributed by atoms with Gasteiger partial charge < -0.3 is 25.4 Å². The van der Waals surface area contributed by atoms with E-state index in [-0.39, 0.29) is 12.0 Å². The zero-order valence-corrected chi connectivity index (χ0v) is 16.4. The summed E-state index contributed by atoms with van der Waals surface area (Å²) in [5.41, 5.74) is 1.80. The Balaban J connectivity index is 1.70. The van der Waals surface area contributed by atoms with Crippen LogP contribution in [0.15, 0.2) is 29.3 Å². The minimum atomic E-state index is -0.0638. The summed E-state index contributed by atoms with van der Waals surface area (Å²) in [7, 11) is 1.64. The first kappa shape index (κ1) is 21.2. The van der Waals surface area contributed by atoms with Gasteiger partial charge in [-0.2, -0.15) is 0 Å². The van der Waals surface area contributed by atoms with Crippen LogP contribution in [-0.2, 0) is 15.9 Å². The SMILES string of the molecule is CCNC(=NCCCOC1CCOC1)NCCc1cccc(C(=O)NC)c1.